The van der Waals surface area contributed by atoms with Crippen LogP contribution in [0.5, 0.6) is 0 Å². The summed E-state index contributed by atoms with van der Waals surface area (Å²) in [5, 5.41) is 12.4. The monoisotopic (exact) mass is 396 g/mol. The highest BCUT2D eigenvalue weighted by molar-refractivity contribution is 5.79. The van der Waals surface area contributed by atoms with Crippen LogP contribution in [-0.2, 0) is 16.0 Å². The number of nitrogens with zero attached hydrogens (tertiary/aromatic N) is 4. The van der Waals surface area contributed by atoms with Gasteiger partial charge in [-0.1, -0.05) is 23.4 Å². The topological polar surface area (TPSA) is 94.5 Å². The summed E-state index contributed by atoms with van der Waals surface area (Å²) < 4.78 is 16.5. The van der Waals surface area contributed by atoms with Crippen molar-refractivity contribution < 1.29 is 18.5 Å². The van der Waals surface area contributed by atoms with Crippen molar-refractivity contribution in [2.24, 2.45) is 5.92 Å². The third-order valence-corrected chi connectivity index (χ3v) is 5.46. The summed E-state index contributed by atoms with van der Waals surface area (Å²) in [7, 11) is 1.66. The zero-order chi connectivity index (χ0) is 20.4. The van der Waals surface area contributed by atoms with Gasteiger partial charge in [-0.15, -0.1) is 10.2 Å². The van der Waals surface area contributed by atoms with Crippen molar-refractivity contribution in [3.05, 3.63) is 53.2 Å². The molecule has 3 aromatic rings. The number of amides is 1. The maximum atomic E-state index is 12.9. The van der Waals surface area contributed by atoms with Gasteiger partial charge in [0.1, 0.15) is 5.76 Å². The van der Waals surface area contributed by atoms with Crippen molar-refractivity contribution in [3.63, 3.8) is 0 Å². The smallest absolute Gasteiger partial charge is 0.247 e. The van der Waals surface area contributed by atoms with Gasteiger partial charge in [0.05, 0.1) is 24.6 Å². The fourth-order valence-electron chi connectivity index (χ4n) is 3.84. The minimum absolute atomic E-state index is 0.0331. The number of rotatable bonds is 6. The van der Waals surface area contributed by atoms with Gasteiger partial charge < -0.3 is 18.6 Å². The summed E-state index contributed by atoms with van der Waals surface area (Å²) in [4.78, 5) is 14.8. The maximum Gasteiger partial charge on any atom is 0.247 e. The summed E-state index contributed by atoms with van der Waals surface area (Å²) >= 11 is 0. The average Bonchev–Trinajstić information content (AvgIpc) is 3.44. The number of methoxy groups -OCH3 is 1. The number of hydrogen-bond donors (Lipinski definition) is 0. The minimum atomic E-state index is -0.0615. The van der Waals surface area contributed by atoms with Crippen LogP contribution in [0.1, 0.15) is 28.8 Å². The van der Waals surface area contributed by atoms with Crippen LogP contribution in [0.15, 0.2) is 39.3 Å². The van der Waals surface area contributed by atoms with Crippen LogP contribution in [0.4, 0.5) is 0 Å². The zero-order valence-corrected chi connectivity index (χ0v) is 16.8. The predicted octanol–water partition coefficient (Wildman–Crippen LogP) is 2.77. The number of benzene rings is 1. The van der Waals surface area contributed by atoms with Crippen LogP contribution in [0.2, 0.25) is 0 Å². The molecule has 0 radical (unpaired) electrons. The molecule has 3 heterocycles. The average molecular weight is 396 g/mol. The molecule has 0 bridgehead atoms. The molecule has 1 aromatic carbocycles. The van der Waals surface area contributed by atoms with E-state index in [1.807, 2.05) is 49.1 Å². The molecule has 0 saturated carbocycles. The molecule has 8 heteroatoms. The lowest BCUT2D eigenvalue weighted by atomic mass is 9.97. The number of likely N-dealkylation sites (tertiary alicyclic amines) is 1. The SMILES string of the molecule is COC[C@@H]1CN(C(=O)Cc2c(C)noc2C)C[C@H]1c1nnc(-c2ccccc2)o1. The van der Waals surface area contributed by atoms with Crippen LogP contribution < -0.4 is 0 Å². The Morgan fingerprint density at radius 3 is 2.69 bits per heavy atom. The highest BCUT2D eigenvalue weighted by Crippen LogP contribution is 2.34. The molecule has 0 unspecified atom stereocenters. The van der Waals surface area contributed by atoms with Gasteiger partial charge in [-0.25, -0.2) is 0 Å². The molecule has 1 aliphatic heterocycles. The Bertz CT molecular complexity index is 962. The molecule has 0 aliphatic carbocycles. The van der Waals surface area contributed by atoms with Crippen molar-refractivity contribution in [2.75, 3.05) is 26.8 Å². The van der Waals surface area contributed by atoms with Crippen molar-refractivity contribution in [1.29, 1.82) is 0 Å². The van der Waals surface area contributed by atoms with E-state index < -0.39 is 0 Å². The molecule has 2 aromatic heterocycles. The Balaban J connectivity index is 1.51. The molecule has 0 spiro atoms. The Kier molecular flexibility index (Phi) is 5.44. The second kappa shape index (κ2) is 8.16. The molecule has 152 valence electrons. The minimum Gasteiger partial charge on any atom is -0.420 e. The van der Waals surface area contributed by atoms with Gasteiger partial charge in [0.2, 0.25) is 17.7 Å². The summed E-state index contributed by atoms with van der Waals surface area (Å²) in [5.41, 5.74) is 2.48. The third-order valence-electron chi connectivity index (χ3n) is 5.46. The molecule has 1 saturated heterocycles. The highest BCUT2D eigenvalue weighted by Gasteiger charge is 2.39. The molecule has 8 nitrogen and oxygen atoms in total. The van der Waals surface area contributed by atoms with Gasteiger partial charge in [-0.05, 0) is 26.0 Å². The number of carbonyl (C=O) groups is 1. The van der Waals surface area contributed by atoms with E-state index in [0.29, 0.717) is 37.2 Å². The van der Waals surface area contributed by atoms with E-state index in [0.717, 1.165) is 16.8 Å². The lowest BCUT2D eigenvalue weighted by Crippen LogP contribution is -2.31. The maximum absolute atomic E-state index is 12.9. The Morgan fingerprint density at radius 1 is 1.21 bits per heavy atom. The second-order valence-corrected chi connectivity index (χ2v) is 7.41. The Hall–Kier alpha value is -3.00. The summed E-state index contributed by atoms with van der Waals surface area (Å²) in [6.07, 6.45) is 0.271. The lowest BCUT2D eigenvalue weighted by Gasteiger charge is -2.16. The van der Waals surface area contributed by atoms with Gasteiger partial charge in [0.15, 0.2) is 0 Å². The van der Waals surface area contributed by atoms with E-state index in [9.17, 15) is 4.79 Å². The standard InChI is InChI=1S/C21H24N4O4/c1-13-17(14(2)29-24-13)9-19(26)25-10-16(12-27-3)18(11-25)21-23-22-20(28-21)15-7-5-4-6-8-15/h4-8,16,18H,9-12H2,1-3H3/t16-,18+/m0/s1. The van der Waals surface area contributed by atoms with Crippen molar-refractivity contribution in [2.45, 2.75) is 26.2 Å². The van der Waals surface area contributed by atoms with Gasteiger partial charge in [0, 0.05) is 37.2 Å². The number of hydrogen-bond acceptors (Lipinski definition) is 7. The first kappa shape index (κ1) is 19.3. The fourth-order valence-corrected chi connectivity index (χ4v) is 3.84. The molecular formula is C21H24N4O4. The molecule has 1 amide bonds. The first-order valence-electron chi connectivity index (χ1n) is 9.64. The first-order valence-corrected chi connectivity index (χ1v) is 9.64. The zero-order valence-electron chi connectivity index (χ0n) is 16.8. The first-order chi connectivity index (χ1) is 14.1. The van der Waals surface area contributed by atoms with Crippen LogP contribution >= 0.6 is 0 Å². The van der Waals surface area contributed by atoms with Crippen molar-refractivity contribution >= 4 is 5.91 Å². The third kappa shape index (κ3) is 3.93. The van der Waals surface area contributed by atoms with E-state index >= 15 is 0 Å². The summed E-state index contributed by atoms with van der Waals surface area (Å²) in [6.45, 7) is 5.30. The fraction of sp³-hybridized carbons (Fsp3) is 0.429. The highest BCUT2D eigenvalue weighted by atomic mass is 16.5. The Labute approximate surface area is 168 Å². The van der Waals surface area contributed by atoms with E-state index in [2.05, 4.69) is 15.4 Å². The van der Waals surface area contributed by atoms with Gasteiger partial charge in [-0.2, -0.15) is 0 Å². The lowest BCUT2D eigenvalue weighted by molar-refractivity contribution is -0.129. The number of ether oxygens (including phenoxy) is 1. The van der Waals surface area contributed by atoms with Gasteiger partial charge in [-0.3, -0.25) is 4.79 Å². The molecule has 0 N–H and O–H groups in total. The molecule has 2 atom stereocenters. The summed E-state index contributed by atoms with van der Waals surface area (Å²) in [5.74, 6) is 1.78. The molecule has 1 fully saturated rings. The molecule has 1 aliphatic rings. The largest absolute Gasteiger partial charge is 0.420 e. The second-order valence-electron chi connectivity index (χ2n) is 7.41. The van der Waals surface area contributed by atoms with Crippen LogP contribution in [0, 0.1) is 19.8 Å². The Morgan fingerprint density at radius 2 is 2.00 bits per heavy atom. The summed E-state index contributed by atoms with van der Waals surface area (Å²) in [6, 6.07) is 9.65. The number of aryl methyl sites for hydroxylation is 2. The van der Waals surface area contributed by atoms with E-state index in [-0.39, 0.29) is 24.2 Å². The van der Waals surface area contributed by atoms with Crippen molar-refractivity contribution in [1.82, 2.24) is 20.3 Å². The van der Waals surface area contributed by atoms with E-state index in [1.165, 1.54) is 0 Å². The quantitative estimate of drug-likeness (QED) is 0.632. The number of aromatic nitrogens is 3. The van der Waals surface area contributed by atoms with Gasteiger partial charge >= 0.3 is 0 Å². The molecule has 4 rings (SSSR count). The molecule has 29 heavy (non-hydrogen) atoms. The molecular weight excluding hydrogens is 372 g/mol. The van der Waals surface area contributed by atoms with Crippen LogP contribution in [-0.4, -0.2) is 53.0 Å². The van der Waals surface area contributed by atoms with E-state index in [4.69, 9.17) is 13.7 Å². The predicted molar refractivity (Wildman–Crippen MR) is 104 cm³/mol. The van der Waals surface area contributed by atoms with Crippen LogP contribution in [0.25, 0.3) is 11.5 Å². The normalized spacial score (nSPS) is 19.1. The van der Waals surface area contributed by atoms with Crippen molar-refractivity contribution in [3.8, 4) is 11.5 Å². The van der Waals surface area contributed by atoms with E-state index in [1.54, 1.807) is 7.11 Å². The van der Waals surface area contributed by atoms with Crippen LogP contribution in [0.3, 0.4) is 0 Å². The number of carbonyl (C=O) groups excluding carboxylic acids is 1. The van der Waals surface area contributed by atoms with Gasteiger partial charge in [0.25, 0.3) is 0 Å².